The van der Waals surface area contributed by atoms with Crippen molar-refractivity contribution in [2.45, 2.75) is 61.4 Å². The molecule has 2 rings (SSSR count). The Morgan fingerprint density at radius 1 is 0.652 bits per heavy atom. The maximum absolute atomic E-state index is 10.00. The molecule has 0 spiro atoms. The standard InChI is InChI=1S/C12H22O11/c13-1-3-5(15)7(17)8(18)12(22-3)23-10-6(16)4(2-14)21-11(20)9(10)19/h3-20H,1-2H2/t3-,4-,5-,6-,7+,8+,9-,10+,11+,12-/m1/s1. The molecule has 0 aliphatic carbocycles. The second-order valence-electron chi connectivity index (χ2n) is 5.53. The van der Waals surface area contributed by atoms with Gasteiger partial charge in [0.25, 0.3) is 0 Å². The lowest BCUT2D eigenvalue weighted by atomic mass is 9.97. The van der Waals surface area contributed by atoms with E-state index < -0.39 is 74.6 Å². The zero-order valence-electron chi connectivity index (χ0n) is 12.0. The van der Waals surface area contributed by atoms with Crippen LogP contribution >= 0.6 is 0 Å². The molecule has 0 aromatic heterocycles. The third-order valence-corrected chi connectivity index (χ3v) is 3.98. The van der Waals surface area contributed by atoms with Crippen LogP contribution in [0, 0.1) is 0 Å². The molecule has 11 nitrogen and oxygen atoms in total. The Morgan fingerprint density at radius 2 is 1.22 bits per heavy atom. The number of hydrogen-bond donors (Lipinski definition) is 8. The molecule has 2 aliphatic rings. The molecule has 2 fully saturated rings. The fraction of sp³-hybridized carbons (Fsp3) is 1.00. The van der Waals surface area contributed by atoms with E-state index in [0.717, 1.165) is 0 Å². The molecule has 0 radical (unpaired) electrons. The van der Waals surface area contributed by atoms with Crippen LogP contribution in [0.1, 0.15) is 0 Å². The van der Waals surface area contributed by atoms with Crippen molar-refractivity contribution in [3.05, 3.63) is 0 Å². The van der Waals surface area contributed by atoms with Crippen molar-refractivity contribution in [3.63, 3.8) is 0 Å². The van der Waals surface area contributed by atoms with E-state index in [9.17, 15) is 30.6 Å². The molecule has 11 heteroatoms. The summed E-state index contributed by atoms with van der Waals surface area (Å²) in [6, 6.07) is 0. The Bertz CT molecular complexity index is 380. The van der Waals surface area contributed by atoms with Crippen LogP contribution < -0.4 is 0 Å². The monoisotopic (exact) mass is 342 g/mol. The number of hydrogen-bond acceptors (Lipinski definition) is 11. The van der Waals surface area contributed by atoms with E-state index in [1.54, 1.807) is 0 Å². The Labute approximate surface area is 130 Å². The van der Waals surface area contributed by atoms with Gasteiger partial charge in [-0.15, -0.1) is 0 Å². The summed E-state index contributed by atoms with van der Waals surface area (Å²) in [5.41, 5.74) is 0. The van der Waals surface area contributed by atoms with E-state index in [-0.39, 0.29) is 0 Å². The second-order valence-corrected chi connectivity index (χ2v) is 5.53. The van der Waals surface area contributed by atoms with Crippen molar-refractivity contribution in [3.8, 4) is 0 Å². The lowest BCUT2D eigenvalue weighted by Gasteiger charge is -2.45. The molecule has 2 saturated heterocycles. The third-order valence-electron chi connectivity index (χ3n) is 3.98. The maximum atomic E-state index is 10.00. The minimum absolute atomic E-state index is 0.667. The van der Waals surface area contributed by atoms with Crippen molar-refractivity contribution < 1.29 is 55.1 Å². The van der Waals surface area contributed by atoms with Gasteiger partial charge in [-0.3, -0.25) is 0 Å². The summed E-state index contributed by atoms with van der Waals surface area (Å²) >= 11 is 0. The molecule has 23 heavy (non-hydrogen) atoms. The van der Waals surface area contributed by atoms with Crippen LogP contribution in [0.4, 0.5) is 0 Å². The Balaban J connectivity index is 2.11. The van der Waals surface area contributed by atoms with Gasteiger partial charge in [0.1, 0.15) is 48.8 Å². The van der Waals surface area contributed by atoms with Gasteiger partial charge in [-0.25, -0.2) is 0 Å². The number of aliphatic hydroxyl groups is 8. The highest BCUT2D eigenvalue weighted by Crippen LogP contribution is 2.28. The molecule has 136 valence electrons. The molecular formula is C12H22O11. The van der Waals surface area contributed by atoms with E-state index in [1.807, 2.05) is 0 Å². The molecule has 0 amide bonds. The SMILES string of the molecule is OC[C@H]1O[C@H](O[C@@H]2[C@@H](O)[C@@H](O)O[C@H](CO)[C@H]2O)[C@@H](O)[C@@H](O)[C@@H]1O. The molecule has 2 heterocycles. The minimum atomic E-state index is -1.76. The van der Waals surface area contributed by atoms with Crippen LogP contribution in [0.3, 0.4) is 0 Å². The van der Waals surface area contributed by atoms with Gasteiger partial charge < -0.3 is 55.1 Å². The van der Waals surface area contributed by atoms with Crippen molar-refractivity contribution in [1.82, 2.24) is 0 Å². The van der Waals surface area contributed by atoms with Crippen LogP contribution in [0.2, 0.25) is 0 Å². The lowest BCUT2D eigenvalue weighted by molar-refractivity contribution is -0.355. The first kappa shape index (κ1) is 18.9. The van der Waals surface area contributed by atoms with Gasteiger partial charge in [-0.1, -0.05) is 0 Å². The highest BCUT2D eigenvalue weighted by atomic mass is 16.7. The molecule has 0 bridgehead atoms. The van der Waals surface area contributed by atoms with Gasteiger partial charge in [0.15, 0.2) is 12.6 Å². The number of aliphatic hydroxyl groups excluding tert-OH is 8. The number of rotatable bonds is 4. The van der Waals surface area contributed by atoms with Gasteiger partial charge in [0, 0.05) is 0 Å². The maximum Gasteiger partial charge on any atom is 0.187 e. The van der Waals surface area contributed by atoms with Gasteiger partial charge in [-0.05, 0) is 0 Å². The van der Waals surface area contributed by atoms with Gasteiger partial charge in [-0.2, -0.15) is 0 Å². The summed E-state index contributed by atoms with van der Waals surface area (Å²) in [6.07, 6.45) is -15.7. The Morgan fingerprint density at radius 3 is 1.78 bits per heavy atom. The molecule has 10 atom stereocenters. The smallest absolute Gasteiger partial charge is 0.187 e. The van der Waals surface area contributed by atoms with E-state index in [2.05, 4.69) is 0 Å². The average Bonchev–Trinajstić information content (AvgIpc) is 2.54. The van der Waals surface area contributed by atoms with Crippen LogP contribution in [0.25, 0.3) is 0 Å². The van der Waals surface area contributed by atoms with Gasteiger partial charge in [0.05, 0.1) is 13.2 Å². The predicted octanol–water partition coefficient (Wildman–Crippen LogP) is -5.40. The fourth-order valence-electron chi connectivity index (χ4n) is 2.56. The fourth-order valence-corrected chi connectivity index (χ4v) is 2.56. The first-order valence-corrected chi connectivity index (χ1v) is 7.08. The topological polar surface area (TPSA) is 190 Å². The van der Waals surface area contributed by atoms with Crippen LogP contribution in [0.5, 0.6) is 0 Å². The largest absolute Gasteiger partial charge is 0.394 e. The van der Waals surface area contributed by atoms with Crippen LogP contribution in [0.15, 0.2) is 0 Å². The highest BCUT2D eigenvalue weighted by molar-refractivity contribution is 4.93. The minimum Gasteiger partial charge on any atom is -0.394 e. The van der Waals surface area contributed by atoms with Crippen molar-refractivity contribution in [1.29, 1.82) is 0 Å². The lowest BCUT2D eigenvalue weighted by Crippen LogP contribution is -2.64. The first-order valence-electron chi connectivity index (χ1n) is 7.08. The first-order chi connectivity index (χ1) is 10.8. The van der Waals surface area contributed by atoms with Gasteiger partial charge in [0.2, 0.25) is 0 Å². The zero-order valence-corrected chi connectivity index (χ0v) is 12.0. The molecule has 2 aliphatic heterocycles. The highest BCUT2D eigenvalue weighted by Gasteiger charge is 2.50. The second kappa shape index (κ2) is 7.63. The summed E-state index contributed by atoms with van der Waals surface area (Å²) in [4.78, 5) is 0. The molecule has 8 N–H and O–H groups in total. The molecule has 0 unspecified atom stereocenters. The van der Waals surface area contributed by atoms with E-state index in [4.69, 9.17) is 24.4 Å². The quantitative estimate of drug-likeness (QED) is 0.243. The average molecular weight is 342 g/mol. The summed E-state index contributed by atoms with van der Waals surface area (Å²) in [6.45, 7) is -1.34. The third kappa shape index (κ3) is 3.65. The van der Waals surface area contributed by atoms with Crippen LogP contribution in [-0.2, 0) is 14.2 Å². The summed E-state index contributed by atoms with van der Waals surface area (Å²) in [5.74, 6) is 0. The normalized spacial score (nSPS) is 51.7. The van der Waals surface area contributed by atoms with E-state index in [1.165, 1.54) is 0 Å². The van der Waals surface area contributed by atoms with Gasteiger partial charge >= 0.3 is 0 Å². The molecule has 0 aromatic rings. The van der Waals surface area contributed by atoms with Crippen molar-refractivity contribution in [2.24, 2.45) is 0 Å². The predicted molar refractivity (Wildman–Crippen MR) is 68.6 cm³/mol. The van der Waals surface area contributed by atoms with Crippen molar-refractivity contribution >= 4 is 0 Å². The van der Waals surface area contributed by atoms with Crippen molar-refractivity contribution in [2.75, 3.05) is 13.2 Å². The molecule has 0 aromatic carbocycles. The molecule has 0 saturated carbocycles. The van der Waals surface area contributed by atoms with E-state index in [0.29, 0.717) is 0 Å². The summed E-state index contributed by atoms with van der Waals surface area (Å²) < 4.78 is 15.1. The Kier molecular flexibility index (Phi) is 6.27. The molecular weight excluding hydrogens is 320 g/mol. The van der Waals surface area contributed by atoms with E-state index >= 15 is 0 Å². The Hall–Kier alpha value is -0.440. The summed E-state index contributed by atoms with van der Waals surface area (Å²) in [5, 5.41) is 76.8. The summed E-state index contributed by atoms with van der Waals surface area (Å²) in [7, 11) is 0. The number of ether oxygens (including phenoxy) is 3. The zero-order chi connectivity index (χ0) is 17.3. The van der Waals surface area contributed by atoms with Crippen LogP contribution in [-0.4, -0.2) is 115 Å².